The molecular formula is C30H47NO2S. The van der Waals surface area contributed by atoms with Crippen molar-refractivity contribution in [3.63, 3.8) is 0 Å². The van der Waals surface area contributed by atoms with Gasteiger partial charge in [-0.2, -0.15) is 11.8 Å². The summed E-state index contributed by atoms with van der Waals surface area (Å²) in [7, 11) is 0. The van der Waals surface area contributed by atoms with Crippen molar-refractivity contribution in [1.29, 1.82) is 0 Å². The third-order valence-electron chi connectivity index (χ3n) is 11.9. The molecule has 5 fully saturated rings. The highest BCUT2D eigenvalue weighted by atomic mass is 32.2. The van der Waals surface area contributed by atoms with E-state index < -0.39 is 0 Å². The molecule has 190 valence electrons. The fourth-order valence-electron chi connectivity index (χ4n) is 10.1. The van der Waals surface area contributed by atoms with Gasteiger partial charge in [0, 0.05) is 11.3 Å². The molecule has 0 aromatic carbocycles. The number of likely N-dealkylation sites (tertiary alicyclic amines) is 1. The first-order chi connectivity index (χ1) is 16.5. The SMILES string of the molecule is C[C@]12CC[C@H](SCCCN3CCCC3)C[C@H]1CC[C@@H]1[C@@H]2CC[C@]2(C)[C@@H](C3=CC(=O)OC3)CC[C@@H]12. The van der Waals surface area contributed by atoms with Gasteiger partial charge in [0.05, 0.1) is 0 Å². The van der Waals surface area contributed by atoms with E-state index in [0.29, 0.717) is 23.4 Å². The molecule has 0 aromatic rings. The van der Waals surface area contributed by atoms with Crippen molar-refractivity contribution in [2.24, 2.45) is 40.4 Å². The summed E-state index contributed by atoms with van der Waals surface area (Å²) in [6.45, 7) is 9.89. The largest absolute Gasteiger partial charge is 0.458 e. The van der Waals surface area contributed by atoms with Gasteiger partial charge in [0.25, 0.3) is 0 Å². The average Bonchev–Trinajstić information content (AvgIpc) is 3.56. The van der Waals surface area contributed by atoms with Crippen molar-refractivity contribution in [3.8, 4) is 0 Å². The minimum atomic E-state index is -0.102. The summed E-state index contributed by atoms with van der Waals surface area (Å²) in [6, 6.07) is 0. The van der Waals surface area contributed by atoms with Crippen molar-refractivity contribution in [1.82, 2.24) is 4.90 Å². The summed E-state index contributed by atoms with van der Waals surface area (Å²) < 4.78 is 5.33. The van der Waals surface area contributed by atoms with Gasteiger partial charge in [-0.15, -0.1) is 0 Å². The van der Waals surface area contributed by atoms with Crippen molar-refractivity contribution in [2.75, 3.05) is 32.0 Å². The molecule has 0 amide bonds. The van der Waals surface area contributed by atoms with Crippen LogP contribution in [0.5, 0.6) is 0 Å². The van der Waals surface area contributed by atoms with Gasteiger partial charge in [0.1, 0.15) is 6.61 Å². The molecule has 4 saturated carbocycles. The van der Waals surface area contributed by atoms with Crippen LogP contribution in [-0.2, 0) is 9.53 Å². The number of carbonyl (C=O) groups is 1. The van der Waals surface area contributed by atoms with Crippen LogP contribution in [0.15, 0.2) is 11.6 Å². The van der Waals surface area contributed by atoms with E-state index >= 15 is 0 Å². The topological polar surface area (TPSA) is 29.5 Å². The number of nitrogens with zero attached hydrogens (tertiary/aromatic N) is 1. The van der Waals surface area contributed by atoms with Gasteiger partial charge >= 0.3 is 5.97 Å². The van der Waals surface area contributed by atoms with Crippen molar-refractivity contribution in [2.45, 2.75) is 96.1 Å². The molecule has 4 heteroatoms. The second-order valence-corrected chi connectivity index (χ2v) is 14.7. The predicted molar refractivity (Wildman–Crippen MR) is 141 cm³/mol. The van der Waals surface area contributed by atoms with Crippen LogP contribution < -0.4 is 0 Å². The molecule has 0 aromatic heterocycles. The highest BCUT2D eigenvalue weighted by Gasteiger charge is 2.60. The third-order valence-corrected chi connectivity index (χ3v) is 13.3. The van der Waals surface area contributed by atoms with E-state index in [-0.39, 0.29) is 5.97 Å². The summed E-state index contributed by atoms with van der Waals surface area (Å²) in [5, 5.41) is 0.921. The third kappa shape index (κ3) is 4.11. The Hall–Kier alpha value is -0.480. The summed E-state index contributed by atoms with van der Waals surface area (Å²) >= 11 is 2.32. The van der Waals surface area contributed by atoms with Crippen molar-refractivity contribution in [3.05, 3.63) is 11.6 Å². The van der Waals surface area contributed by atoms with Crippen LogP contribution in [0.2, 0.25) is 0 Å². The monoisotopic (exact) mass is 485 g/mol. The van der Waals surface area contributed by atoms with Gasteiger partial charge in [0.15, 0.2) is 0 Å². The molecule has 0 spiro atoms. The van der Waals surface area contributed by atoms with Crippen LogP contribution in [0.25, 0.3) is 0 Å². The summed E-state index contributed by atoms with van der Waals surface area (Å²) in [5.41, 5.74) is 2.29. The van der Waals surface area contributed by atoms with Crippen LogP contribution in [0.4, 0.5) is 0 Å². The van der Waals surface area contributed by atoms with Crippen molar-refractivity contribution < 1.29 is 9.53 Å². The molecule has 34 heavy (non-hydrogen) atoms. The number of cyclic esters (lactones) is 1. The van der Waals surface area contributed by atoms with Gasteiger partial charge in [-0.3, -0.25) is 0 Å². The Morgan fingerprint density at radius 1 is 1.00 bits per heavy atom. The Labute approximate surface area is 212 Å². The molecule has 0 unspecified atom stereocenters. The van der Waals surface area contributed by atoms with Gasteiger partial charge in [-0.05, 0) is 148 Å². The van der Waals surface area contributed by atoms with E-state index in [1.165, 1.54) is 108 Å². The first-order valence-electron chi connectivity index (χ1n) is 14.7. The van der Waals surface area contributed by atoms with Gasteiger partial charge in [-0.25, -0.2) is 4.79 Å². The molecule has 3 nitrogen and oxygen atoms in total. The number of fused-ring (bicyclic) bond motifs is 5. The summed E-state index contributed by atoms with van der Waals surface area (Å²) in [6.07, 6.45) is 18.9. The molecule has 0 N–H and O–H groups in total. The van der Waals surface area contributed by atoms with Gasteiger partial charge in [0.2, 0.25) is 0 Å². The van der Waals surface area contributed by atoms with E-state index in [1.807, 2.05) is 6.08 Å². The smallest absolute Gasteiger partial charge is 0.331 e. The Balaban J connectivity index is 1.07. The fraction of sp³-hybridized carbons (Fsp3) is 0.900. The lowest BCUT2D eigenvalue weighted by Gasteiger charge is -2.61. The molecule has 2 heterocycles. The highest BCUT2D eigenvalue weighted by Crippen LogP contribution is 2.68. The zero-order chi connectivity index (χ0) is 23.3. The van der Waals surface area contributed by atoms with Gasteiger partial charge in [-0.1, -0.05) is 13.8 Å². The second-order valence-electron chi connectivity index (χ2n) is 13.3. The number of hydrogen-bond donors (Lipinski definition) is 0. The van der Waals surface area contributed by atoms with Crippen molar-refractivity contribution >= 4 is 17.7 Å². The number of ether oxygens (including phenoxy) is 1. The Kier molecular flexibility index (Phi) is 6.63. The number of hydrogen-bond acceptors (Lipinski definition) is 4. The lowest BCUT2D eigenvalue weighted by atomic mass is 9.44. The molecule has 2 aliphatic heterocycles. The van der Waals surface area contributed by atoms with Crippen LogP contribution in [-0.4, -0.2) is 48.1 Å². The predicted octanol–water partition coefficient (Wildman–Crippen LogP) is 6.72. The fourth-order valence-corrected chi connectivity index (χ4v) is 11.4. The molecule has 4 aliphatic carbocycles. The number of rotatable bonds is 6. The maximum atomic E-state index is 11.8. The molecule has 0 radical (unpaired) electrons. The number of thioether (sulfide) groups is 1. The second kappa shape index (κ2) is 9.43. The van der Waals surface area contributed by atoms with E-state index in [9.17, 15) is 4.79 Å². The van der Waals surface area contributed by atoms with E-state index in [0.717, 1.165) is 28.9 Å². The zero-order valence-electron chi connectivity index (χ0n) is 21.7. The summed E-state index contributed by atoms with van der Waals surface area (Å²) in [4.78, 5) is 14.4. The normalized spacial score (nSPS) is 46.5. The van der Waals surface area contributed by atoms with Crippen LogP contribution in [0.1, 0.15) is 90.9 Å². The first-order valence-corrected chi connectivity index (χ1v) is 15.7. The molecular weight excluding hydrogens is 438 g/mol. The Morgan fingerprint density at radius 3 is 2.59 bits per heavy atom. The number of carbonyl (C=O) groups excluding carboxylic acids is 1. The van der Waals surface area contributed by atoms with Gasteiger partial charge < -0.3 is 9.64 Å². The molecule has 0 bridgehead atoms. The lowest BCUT2D eigenvalue weighted by molar-refractivity contribution is -0.135. The average molecular weight is 486 g/mol. The van der Waals surface area contributed by atoms with Crippen LogP contribution in [0, 0.1) is 40.4 Å². The lowest BCUT2D eigenvalue weighted by Crippen LogP contribution is -2.53. The maximum absolute atomic E-state index is 11.8. The highest BCUT2D eigenvalue weighted by molar-refractivity contribution is 7.99. The van der Waals surface area contributed by atoms with Crippen LogP contribution >= 0.6 is 11.8 Å². The quantitative estimate of drug-likeness (QED) is 0.309. The Bertz CT molecular complexity index is 806. The molecule has 6 rings (SSSR count). The molecule has 8 atom stereocenters. The van der Waals surface area contributed by atoms with E-state index in [4.69, 9.17) is 4.74 Å². The summed E-state index contributed by atoms with van der Waals surface area (Å²) in [5.74, 6) is 5.55. The van der Waals surface area contributed by atoms with E-state index in [2.05, 4.69) is 30.5 Å². The zero-order valence-corrected chi connectivity index (χ0v) is 22.6. The standard InChI is InChI=1S/C30H47NO2S/c1-29-12-10-23(34-17-5-16-31-14-3-4-15-31)19-22(29)6-7-24-26-9-8-25(21-18-28(32)33-20-21)30(26,2)13-11-27(24)29/h18,22-27H,3-17,19-20H2,1-2H3/t22-,23+,24+,25-,26+,27+,29+,30-/m1/s1. The minimum absolute atomic E-state index is 0.102. The van der Waals surface area contributed by atoms with Crippen LogP contribution in [0.3, 0.4) is 0 Å². The molecule has 1 saturated heterocycles. The molecule has 6 aliphatic rings. The first kappa shape index (κ1) is 23.9. The number of esters is 1. The van der Waals surface area contributed by atoms with E-state index in [1.54, 1.807) is 0 Å². The maximum Gasteiger partial charge on any atom is 0.331 e. The minimum Gasteiger partial charge on any atom is -0.458 e. The Morgan fingerprint density at radius 2 is 1.79 bits per heavy atom.